The molecule has 13 heteroatoms. The van der Waals surface area contributed by atoms with Gasteiger partial charge in [-0.2, -0.15) is 4.98 Å². The lowest BCUT2D eigenvalue weighted by atomic mass is 10.0. The van der Waals surface area contributed by atoms with Crippen LogP contribution in [0.15, 0.2) is 30.5 Å². The minimum absolute atomic E-state index is 0.274. The molecular weight excluding hydrogens is 595 g/mol. The highest BCUT2D eigenvalue weighted by Crippen LogP contribution is 2.41. The van der Waals surface area contributed by atoms with Gasteiger partial charge in [0.05, 0.1) is 23.3 Å². The molecule has 2 amide bonds. The van der Waals surface area contributed by atoms with E-state index in [2.05, 4.69) is 57.1 Å². The molecule has 0 spiro atoms. The number of benzene rings is 1. The molecule has 0 bridgehead atoms. The molecule has 0 aliphatic carbocycles. The van der Waals surface area contributed by atoms with Crippen molar-refractivity contribution in [3.63, 3.8) is 0 Å². The molecule has 2 aromatic heterocycles. The van der Waals surface area contributed by atoms with E-state index in [1.807, 2.05) is 6.07 Å². The number of fused-ring (bicyclic) bond motifs is 1. The van der Waals surface area contributed by atoms with Gasteiger partial charge < -0.3 is 20.3 Å². The predicted octanol–water partition coefficient (Wildman–Crippen LogP) is 5.62. The van der Waals surface area contributed by atoms with Crippen LogP contribution in [0.5, 0.6) is 0 Å². The number of carbonyl (C=O) groups excluding carboxylic acids is 1. The number of hydrogen-bond donors (Lipinski definition) is 3. The fourth-order valence-electron chi connectivity index (χ4n) is 4.83. The Balaban J connectivity index is 1.51. The number of hydrogen-bond acceptors (Lipinski definition) is 9. The number of unbranched alkanes of at least 4 members (excludes halogenated alkanes) is 1. The van der Waals surface area contributed by atoms with E-state index in [0.717, 1.165) is 78.3 Å². The van der Waals surface area contributed by atoms with Crippen LogP contribution in [0.25, 0.3) is 22.2 Å². The molecule has 0 radical (unpaired) electrons. The number of pyridine rings is 1. The molecule has 1 fully saturated rings. The zero-order valence-corrected chi connectivity index (χ0v) is 26.7. The maximum absolute atomic E-state index is 13.2. The number of anilines is 2. The Kier molecular flexibility index (Phi) is 12.7. The largest absolute Gasteiger partial charge is 0.379 e. The number of morpholine rings is 1. The molecule has 228 valence electrons. The third kappa shape index (κ3) is 8.81. The van der Waals surface area contributed by atoms with Crippen molar-refractivity contribution in [2.24, 2.45) is 0 Å². The van der Waals surface area contributed by atoms with Crippen molar-refractivity contribution >= 4 is 64.8 Å². The van der Waals surface area contributed by atoms with Crippen molar-refractivity contribution < 1.29 is 9.53 Å². The van der Waals surface area contributed by atoms with Gasteiger partial charge in [0.2, 0.25) is 5.95 Å². The number of halogens is 2. The summed E-state index contributed by atoms with van der Waals surface area (Å²) in [4.78, 5) is 31.8. The highest BCUT2D eigenvalue weighted by Gasteiger charge is 2.23. The summed E-state index contributed by atoms with van der Waals surface area (Å²) in [5, 5.41) is 7.79. The summed E-state index contributed by atoms with van der Waals surface area (Å²) in [6.45, 7) is 13.0. The van der Waals surface area contributed by atoms with E-state index in [1.165, 1.54) is 4.31 Å². The van der Waals surface area contributed by atoms with Crippen LogP contribution < -0.4 is 14.9 Å². The predicted molar refractivity (Wildman–Crippen MR) is 175 cm³/mol. The van der Waals surface area contributed by atoms with Crippen molar-refractivity contribution in [2.75, 3.05) is 75.2 Å². The molecule has 0 unspecified atom stereocenters. The molecule has 3 aromatic rings. The normalized spacial score (nSPS) is 14.0. The van der Waals surface area contributed by atoms with E-state index in [-0.39, 0.29) is 5.82 Å². The van der Waals surface area contributed by atoms with Gasteiger partial charge in [-0.15, -0.1) is 0 Å². The Bertz CT molecular complexity index is 1300. The molecule has 1 aliphatic heterocycles. The first kappa shape index (κ1) is 32.5. The lowest BCUT2D eigenvalue weighted by Crippen LogP contribution is -2.39. The second kappa shape index (κ2) is 16.4. The minimum atomic E-state index is -0.405. The number of ether oxygens (including phenoxy) is 1. The highest BCUT2D eigenvalue weighted by molar-refractivity contribution is 7.82. The molecule has 4 rings (SSSR count). The summed E-state index contributed by atoms with van der Waals surface area (Å²) < 4.78 is 6.59. The summed E-state index contributed by atoms with van der Waals surface area (Å²) in [5.74, 6) is 0.751. The third-order valence-corrected chi connectivity index (χ3v) is 8.28. The number of carbonyl (C=O) groups is 1. The molecule has 2 N–H and O–H groups in total. The fourth-order valence-corrected chi connectivity index (χ4v) is 5.66. The second-order valence-corrected chi connectivity index (χ2v) is 11.3. The Hall–Kier alpha value is -2.41. The van der Waals surface area contributed by atoms with E-state index in [4.69, 9.17) is 32.9 Å². The van der Waals surface area contributed by atoms with Gasteiger partial charge in [-0.25, -0.2) is 19.1 Å². The van der Waals surface area contributed by atoms with E-state index >= 15 is 0 Å². The van der Waals surface area contributed by atoms with E-state index in [0.29, 0.717) is 44.7 Å². The van der Waals surface area contributed by atoms with Crippen LogP contribution in [0, 0.1) is 0 Å². The maximum atomic E-state index is 13.2. The van der Waals surface area contributed by atoms with Gasteiger partial charge in [0.1, 0.15) is 0 Å². The number of aromatic nitrogens is 3. The Morgan fingerprint density at radius 1 is 1.07 bits per heavy atom. The molecular formula is C29H40Cl2N8O2S. The highest BCUT2D eigenvalue weighted by atomic mass is 35.5. The van der Waals surface area contributed by atoms with Crippen molar-refractivity contribution in [3.8, 4) is 11.1 Å². The average molecular weight is 636 g/mol. The monoisotopic (exact) mass is 634 g/mol. The van der Waals surface area contributed by atoms with Crippen LogP contribution >= 0.6 is 36.0 Å². The first-order valence-corrected chi connectivity index (χ1v) is 15.7. The molecule has 42 heavy (non-hydrogen) atoms. The van der Waals surface area contributed by atoms with Gasteiger partial charge in [-0.05, 0) is 63.6 Å². The van der Waals surface area contributed by atoms with Crippen LogP contribution in [-0.2, 0) is 4.74 Å². The van der Waals surface area contributed by atoms with Crippen LogP contribution in [0.3, 0.4) is 0 Å². The molecule has 1 aliphatic rings. The number of rotatable bonds is 14. The van der Waals surface area contributed by atoms with Gasteiger partial charge in [0.15, 0.2) is 11.5 Å². The first-order chi connectivity index (χ1) is 20.4. The number of nitrogens with zero attached hydrogens (tertiary/aromatic N) is 6. The van der Waals surface area contributed by atoms with Gasteiger partial charge in [-0.3, -0.25) is 4.90 Å². The van der Waals surface area contributed by atoms with Gasteiger partial charge in [0.25, 0.3) is 0 Å². The van der Waals surface area contributed by atoms with Crippen LogP contribution in [0.4, 0.5) is 16.6 Å². The Morgan fingerprint density at radius 2 is 1.81 bits per heavy atom. The van der Waals surface area contributed by atoms with E-state index in [9.17, 15) is 4.79 Å². The van der Waals surface area contributed by atoms with Crippen molar-refractivity contribution in [1.29, 1.82) is 0 Å². The topological polar surface area (TPSA) is 98.8 Å². The van der Waals surface area contributed by atoms with Gasteiger partial charge in [-0.1, -0.05) is 55.9 Å². The van der Waals surface area contributed by atoms with E-state index in [1.54, 1.807) is 24.4 Å². The number of urea groups is 1. The molecule has 0 atom stereocenters. The maximum Gasteiger partial charge on any atom is 0.333 e. The second-order valence-electron chi connectivity index (χ2n) is 10.1. The summed E-state index contributed by atoms with van der Waals surface area (Å²) in [5.41, 5.74) is 1.54. The van der Waals surface area contributed by atoms with Crippen molar-refractivity contribution in [3.05, 3.63) is 40.5 Å². The summed E-state index contributed by atoms with van der Waals surface area (Å²) >= 11 is 17.7. The standard InChI is InChI=1S/C29H40Cl2N8O2S/c1-3-37(4-2)13-6-5-11-32-28-34-20-21-19-22(25-23(30)9-7-10-24(25)31)27(35-26(21)36-28)39(42)29(40)33-12-8-14-38-15-17-41-18-16-38/h7,9-10,19-20,42H,3-6,8,11-18H2,1-2H3,(H,33,40)(H,32,34,35,36). The molecule has 1 aromatic carbocycles. The summed E-state index contributed by atoms with van der Waals surface area (Å²) in [7, 11) is 0. The fraction of sp³-hybridized carbons (Fsp3) is 0.517. The first-order valence-electron chi connectivity index (χ1n) is 14.6. The van der Waals surface area contributed by atoms with Crippen LogP contribution in [0.1, 0.15) is 33.1 Å². The Morgan fingerprint density at radius 3 is 2.52 bits per heavy atom. The number of thiol groups is 1. The van der Waals surface area contributed by atoms with E-state index < -0.39 is 6.03 Å². The minimum Gasteiger partial charge on any atom is -0.379 e. The Labute approximate surface area is 263 Å². The molecule has 3 heterocycles. The summed E-state index contributed by atoms with van der Waals surface area (Å²) in [6, 6.07) is 6.69. The van der Waals surface area contributed by atoms with Gasteiger partial charge in [0, 0.05) is 48.9 Å². The molecule has 1 saturated heterocycles. The number of nitrogens with one attached hydrogen (secondary N) is 2. The zero-order chi connectivity index (χ0) is 29.9. The SMILES string of the molecule is CCN(CC)CCCCNc1ncc2cc(-c3c(Cl)cccc3Cl)c(N(S)C(=O)NCCCN3CCOCC3)nc2n1. The quantitative estimate of drug-likeness (QED) is 0.155. The molecule has 0 saturated carbocycles. The molecule has 10 nitrogen and oxygen atoms in total. The lowest BCUT2D eigenvalue weighted by molar-refractivity contribution is 0.0375. The third-order valence-electron chi connectivity index (χ3n) is 7.28. The average Bonchev–Trinajstić information content (AvgIpc) is 3.00. The van der Waals surface area contributed by atoms with Crippen LogP contribution in [-0.4, -0.2) is 96.4 Å². The summed E-state index contributed by atoms with van der Waals surface area (Å²) in [6.07, 6.45) is 4.60. The zero-order valence-electron chi connectivity index (χ0n) is 24.3. The smallest absolute Gasteiger partial charge is 0.333 e. The van der Waals surface area contributed by atoms with Gasteiger partial charge >= 0.3 is 6.03 Å². The van der Waals surface area contributed by atoms with Crippen LogP contribution in [0.2, 0.25) is 10.0 Å². The van der Waals surface area contributed by atoms with Crippen molar-refractivity contribution in [2.45, 2.75) is 33.1 Å². The van der Waals surface area contributed by atoms with Crippen molar-refractivity contribution in [1.82, 2.24) is 30.1 Å². The number of amides is 2. The lowest BCUT2D eigenvalue weighted by Gasteiger charge is -2.26.